The van der Waals surface area contributed by atoms with Gasteiger partial charge in [-0.25, -0.2) is 0 Å². The minimum absolute atomic E-state index is 0.0131. The molecule has 0 bridgehead atoms. The summed E-state index contributed by atoms with van der Waals surface area (Å²) in [4.78, 5) is 29.3. The first-order valence-electron chi connectivity index (χ1n) is 7.09. The number of piperidine rings is 1. The second kappa shape index (κ2) is 6.50. The van der Waals surface area contributed by atoms with E-state index >= 15 is 0 Å². The first-order chi connectivity index (χ1) is 9.61. The fraction of sp³-hybridized carbons (Fsp3) is 0.533. The van der Waals surface area contributed by atoms with Gasteiger partial charge in [-0.1, -0.05) is 6.92 Å². The zero-order valence-corrected chi connectivity index (χ0v) is 11.7. The van der Waals surface area contributed by atoms with Crippen LogP contribution in [0.3, 0.4) is 0 Å². The molecule has 20 heavy (non-hydrogen) atoms. The third-order valence-corrected chi connectivity index (χ3v) is 3.75. The highest BCUT2D eigenvalue weighted by Crippen LogP contribution is 2.21. The number of aliphatic carboxylic acids is 1. The number of amides is 1. The van der Waals surface area contributed by atoms with Gasteiger partial charge in [-0.3, -0.25) is 14.6 Å². The molecule has 1 aromatic rings. The summed E-state index contributed by atoms with van der Waals surface area (Å²) < 4.78 is 0. The van der Waals surface area contributed by atoms with Crippen LogP contribution >= 0.6 is 0 Å². The molecule has 0 saturated carbocycles. The number of carboxylic acid groups (broad SMARTS) is 1. The number of likely N-dealkylation sites (tertiary alicyclic amines) is 1. The molecule has 1 amide bonds. The van der Waals surface area contributed by atoms with Crippen molar-refractivity contribution < 1.29 is 14.7 Å². The van der Waals surface area contributed by atoms with E-state index < -0.39 is 5.97 Å². The van der Waals surface area contributed by atoms with Crippen molar-refractivity contribution in [1.29, 1.82) is 0 Å². The van der Waals surface area contributed by atoms with Crippen molar-refractivity contribution in [1.82, 2.24) is 9.88 Å². The molecule has 0 spiro atoms. The summed E-state index contributed by atoms with van der Waals surface area (Å²) in [7, 11) is 0. The molecule has 1 aliphatic rings. The van der Waals surface area contributed by atoms with Crippen molar-refractivity contribution in [2.75, 3.05) is 6.54 Å². The predicted octanol–water partition coefficient (Wildman–Crippen LogP) is 2.11. The van der Waals surface area contributed by atoms with Gasteiger partial charge in [0, 0.05) is 18.8 Å². The van der Waals surface area contributed by atoms with Crippen LogP contribution in [0.4, 0.5) is 0 Å². The number of aromatic nitrogens is 1. The Labute approximate surface area is 118 Å². The molecule has 1 unspecified atom stereocenters. The van der Waals surface area contributed by atoms with E-state index in [-0.39, 0.29) is 18.4 Å². The fourth-order valence-electron chi connectivity index (χ4n) is 2.64. The second-order valence-electron chi connectivity index (χ2n) is 5.15. The van der Waals surface area contributed by atoms with Gasteiger partial charge < -0.3 is 10.0 Å². The number of carboxylic acids is 1. The largest absolute Gasteiger partial charge is 0.481 e. The molecular formula is C15H20N2O3. The summed E-state index contributed by atoms with van der Waals surface area (Å²) in [6, 6.07) is 3.48. The number of nitrogens with zero attached hydrogens (tertiary/aromatic N) is 2. The van der Waals surface area contributed by atoms with Crippen LogP contribution in [0.25, 0.3) is 0 Å². The zero-order valence-electron chi connectivity index (χ0n) is 11.7. The van der Waals surface area contributed by atoms with Crippen molar-refractivity contribution in [2.45, 2.75) is 45.1 Å². The minimum atomic E-state index is -0.857. The summed E-state index contributed by atoms with van der Waals surface area (Å²) in [6.45, 7) is 2.65. The van der Waals surface area contributed by atoms with Crippen LogP contribution in [0, 0.1) is 0 Å². The van der Waals surface area contributed by atoms with E-state index in [1.807, 2.05) is 13.0 Å². The van der Waals surface area contributed by atoms with Gasteiger partial charge in [0.05, 0.1) is 6.42 Å². The maximum atomic E-state index is 12.5. The highest BCUT2D eigenvalue weighted by atomic mass is 16.4. The van der Waals surface area contributed by atoms with Gasteiger partial charge >= 0.3 is 5.97 Å². The van der Waals surface area contributed by atoms with Crippen LogP contribution in [-0.4, -0.2) is 39.5 Å². The van der Waals surface area contributed by atoms with Crippen LogP contribution in [0.1, 0.15) is 48.7 Å². The maximum Gasteiger partial charge on any atom is 0.305 e. The molecule has 5 heteroatoms. The highest BCUT2D eigenvalue weighted by molar-refractivity contribution is 5.93. The van der Waals surface area contributed by atoms with Gasteiger partial charge in [0.2, 0.25) is 0 Å². The van der Waals surface area contributed by atoms with Crippen molar-refractivity contribution in [2.24, 2.45) is 0 Å². The van der Waals surface area contributed by atoms with E-state index in [1.165, 1.54) is 0 Å². The first-order valence-corrected chi connectivity index (χ1v) is 7.09. The molecule has 1 aliphatic heterocycles. The van der Waals surface area contributed by atoms with Gasteiger partial charge in [-0.05, 0) is 43.4 Å². The van der Waals surface area contributed by atoms with Crippen molar-refractivity contribution in [3.63, 3.8) is 0 Å². The predicted molar refractivity (Wildman–Crippen MR) is 74.5 cm³/mol. The lowest BCUT2D eigenvalue weighted by molar-refractivity contribution is -0.138. The number of aryl methyl sites for hydroxylation is 1. The number of pyridine rings is 1. The number of carbonyl (C=O) groups excluding carboxylic acids is 1. The average molecular weight is 276 g/mol. The van der Waals surface area contributed by atoms with E-state index in [0.717, 1.165) is 31.2 Å². The number of carbonyl (C=O) groups is 2. The van der Waals surface area contributed by atoms with Gasteiger partial charge in [0.25, 0.3) is 5.91 Å². The summed E-state index contributed by atoms with van der Waals surface area (Å²) in [5, 5.41) is 8.96. The fourth-order valence-corrected chi connectivity index (χ4v) is 2.64. The van der Waals surface area contributed by atoms with Gasteiger partial charge in [-0.15, -0.1) is 0 Å². The summed E-state index contributed by atoms with van der Waals surface area (Å²) in [5.74, 6) is -1.00. The molecule has 1 aromatic heterocycles. The normalized spacial score (nSPS) is 18.9. The smallest absolute Gasteiger partial charge is 0.305 e. The van der Waals surface area contributed by atoms with Gasteiger partial charge in [0.1, 0.15) is 5.69 Å². The van der Waals surface area contributed by atoms with Gasteiger partial charge in [-0.2, -0.15) is 0 Å². The van der Waals surface area contributed by atoms with Crippen LogP contribution in [0.15, 0.2) is 18.3 Å². The molecule has 1 fully saturated rings. The lowest BCUT2D eigenvalue weighted by Gasteiger charge is -2.34. The van der Waals surface area contributed by atoms with Crippen LogP contribution in [0.2, 0.25) is 0 Å². The van der Waals surface area contributed by atoms with Gasteiger partial charge in [0.15, 0.2) is 0 Å². The molecule has 0 aliphatic carbocycles. The molecule has 5 nitrogen and oxygen atoms in total. The Balaban J connectivity index is 2.18. The zero-order chi connectivity index (χ0) is 14.5. The molecule has 2 rings (SSSR count). The molecule has 0 aromatic carbocycles. The summed E-state index contributed by atoms with van der Waals surface area (Å²) >= 11 is 0. The molecule has 1 saturated heterocycles. The van der Waals surface area contributed by atoms with Crippen molar-refractivity contribution in [3.8, 4) is 0 Å². The number of hydrogen-bond acceptors (Lipinski definition) is 3. The molecule has 0 radical (unpaired) electrons. The van der Waals surface area contributed by atoms with E-state index in [0.29, 0.717) is 12.2 Å². The molecule has 1 atom stereocenters. The Bertz CT molecular complexity index is 502. The van der Waals surface area contributed by atoms with Crippen molar-refractivity contribution in [3.05, 3.63) is 29.6 Å². The van der Waals surface area contributed by atoms with Crippen molar-refractivity contribution >= 4 is 11.9 Å². The minimum Gasteiger partial charge on any atom is -0.481 e. The van der Waals surface area contributed by atoms with E-state index in [4.69, 9.17) is 5.11 Å². The van der Waals surface area contributed by atoms with Crippen LogP contribution in [-0.2, 0) is 11.2 Å². The summed E-state index contributed by atoms with van der Waals surface area (Å²) in [6.07, 6.45) is 5.16. The Hall–Kier alpha value is -1.91. The molecular weight excluding hydrogens is 256 g/mol. The Kier molecular flexibility index (Phi) is 4.71. The Morgan fingerprint density at radius 3 is 2.95 bits per heavy atom. The molecule has 1 N–H and O–H groups in total. The average Bonchev–Trinajstić information content (AvgIpc) is 2.46. The number of rotatable bonds is 4. The maximum absolute atomic E-state index is 12.5. The highest BCUT2D eigenvalue weighted by Gasteiger charge is 2.29. The molecule has 108 valence electrons. The summed E-state index contributed by atoms with van der Waals surface area (Å²) in [5.41, 5.74) is 1.48. The SMILES string of the molecule is CCc1ccnc(C(=O)N2CCCCC2CC(=O)O)c1. The lowest BCUT2D eigenvalue weighted by Crippen LogP contribution is -2.45. The van der Waals surface area contributed by atoms with E-state index in [9.17, 15) is 9.59 Å². The third-order valence-electron chi connectivity index (χ3n) is 3.75. The first kappa shape index (κ1) is 14.5. The standard InChI is InChI=1S/C15H20N2O3/c1-2-11-6-7-16-13(9-11)15(20)17-8-4-3-5-12(17)10-14(18)19/h6-7,9,12H,2-5,8,10H2,1H3,(H,18,19). The Morgan fingerprint density at radius 2 is 2.25 bits per heavy atom. The van der Waals surface area contributed by atoms with Crippen LogP contribution < -0.4 is 0 Å². The third kappa shape index (κ3) is 3.35. The van der Waals surface area contributed by atoms with E-state index in [2.05, 4.69) is 4.98 Å². The monoisotopic (exact) mass is 276 g/mol. The quantitative estimate of drug-likeness (QED) is 0.914. The second-order valence-corrected chi connectivity index (χ2v) is 5.15. The number of hydrogen-bond donors (Lipinski definition) is 1. The lowest BCUT2D eigenvalue weighted by atomic mass is 9.98. The Morgan fingerprint density at radius 1 is 1.45 bits per heavy atom. The van der Waals surface area contributed by atoms with Crippen LogP contribution in [0.5, 0.6) is 0 Å². The topological polar surface area (TPSA) is 70.5 Å². The van der Waals surface area contributed by atoms with E-state index in [1.54, 1.807) is 17.2 Å². The molecule has 2 heterocycles.